The molecule has 102 valence electrons. The molecule has 5 heteroatoms. The van der Waals surface area contributed by atoms with Crippen molar-refractivity contribution < 1.29 is 4.39 Å². The normalized spacial score (nSPS) is 12.6. The fourth-order valence-corrected chi connectivity index (χ4v) is 3.40. The number of nitrogens with one attached hydrogen (secondary N) is 1. The first kappa shape index (κ1) is 15.0. The first-order valence-corrected chi connectivity index (χ1v) is 8.06. The summed E-state index contributed by atoms with van der Waals surface area (Å²) in [7, 11) is 0. The molecular formula is C14H14BrClFNS. The molecule has 1 aromatic heterocycles. The van der Waals surface area contributed by atoms with Crippen molar-refractivity contribution in [3.8, 4) is 0 Å². The molecule has 0 aliphatic carbocycles. The van der Waals surface area contributed by atoms with Crippen LogP contribution in [0.5, 0.6) is 0 Å². The third-order valence-corrected chi connectivity index (χ3v) is 4.63. The number of rotatable bonds is 5. The molecule has 2 aromatic rings. The Morgan fingerprint density at radius 1 is 1.42 bits per heavy atom. The van der Waals surface area contributed by atoms with Gasteiger partial charge in [0.2, 0.25) is 0 Å². The van der Waals surface area contributed by atoms with Gasteiger partial charge in [0.15, 0.2) is 0 Å². The molecule has 0 aliphatic heterocycles. The van der Waals surface area contributed by atoms with Crippen molar-refractivity contribution in [1.82, 2.24) is 5.32 Å². The predicted molar refractivity (Wildman–Crippen MR) is 83.6 cm³/mol. The number of hydrogen-bond acceptors (Lipinski definition) is 2. The molecule has 1 unspecified atom stereocenters. The largest absolute Gasteiger partial charge is 0.310 e. The van der Waals surface area contributed by atoms with Crippen LogP contribution >= 0.6 is 38.9 Å². The number of hydrogen-bond donors (Lipinski definition) is 1. The standard InChI is InChI=1S/C14H14BrClFNS/c1-2-18-13(10-7-14(15)19-8-10)6-9-5-11(16)3-4-12(9)17/h3-5,7-8,13,18H,2,6H2,1H3. The van der Waals surface area contributed by atoms with E-state index in [1.807, 2.05) is 6.92 Å². The minimum absolute atomic E-state index is 0.0977. The van der Waals surface area contributed by atoms with Gasteiger partial charge in [0.25, 0.3) is 0 Å². The molecule has 1 N–H and O–H groups in total. The number of benzene rings is 1. The summed E-state index contributed by atoms with van der Waals surface area (Å²) >= 11 is 11.0. The van der Waals surface area contributed by atoms with Gasteiger partial charge in [0.05, 0.1) is 3.79 Å². The van der Waals surface area contributed by atoms with Gasteiger partial charge in [0.1, 0.15) is 5.82 Å². The lowest BCUT2D eigenvalue weighted by Crippen LogP contribution is -2.22. The molecule has 0 saturated carbocycles. The van der Waals surface area contributed by atoms with Gasteiger partial charge in [-0.05, 0) is 69.7 Å². The van der Waals surface area contributed by atoms with Crippen LogP contribution in [0, 0.1) is 5.82 Å². The molecule has 0 aliphatic rings. The molecule has 0 bridgehead atoms. The lowest BCUT2D eigenvalue weighted by molar-refractivity contribution is 0.529. The maximum Gasteiger partial charge on any atom is 0.126 e. The molecule has 0 fully saturated rings. The van der Waals surface area contributed by atoms with Crippen LogP contribution in [0.2, 0.25) is 5.02 Å². The fraction of sp³-hybridized carbons (Fsp3) is 0.286. The van der Waals surface area contributed by atoms with Crippen LogP contribution < -0.4 is 5.32 Å². The maximum atomic E-state index is 13.8. The number of thiophene rings is 1. The van der Waals surface area contributed by atoms with Gasteiger partial charge < -0.3 is 5.32 Å². The van der Waals surface area contributed by atoms with E-state index in [2.05, 4.69) is 32.7 Å². The van der Waals surface area contributed by atoms with Crippen molar-refractivity contribution in [3.63, 3.8) is 0 Å². The van der Waals surface area contributed by atoms with Crippen molar-refractivity contribution in [2.75, 3.05) is 6.54 Å². The van der Waals surface area contributed by atoms with Crippen molar-refractivity contribution in [2.24, 2.45) is 0 Å². The Morgan fingerprint density at radius 2 is 2.21 bits per heavy atom. The maximum absolute atomic E-state index is 13.8. The number of likely N-dealkylation sites (N-methyl/N-ethyl adjacent to an activating group) is 1. The second-order valence-corrected chi connectivity index (χ2v) is 6.96. The second-order valence-electron chi connectivity index (χ2n) is 4.23. The molecule has 0 spiro atoms. The smallest absolute Gasteiger partial charge is 0.126 e. The van der Waals surface area contributed by atoms with Crippen LogP contribution in [-0.4, -0.2) is 6.54 Å². The summed E-state index contributed by atoms with van der Waals surface area (Å²) in [6.45, 7) is 2.88. The molecule has 1 aromatic carbocycles. The first-order chi connectivity index (χ1) is 9.10. The Morgan fingerprint density at radius 3 is 2.84 bits per heavy atom. The summed E-state index contributed by atoms with van der Waals surface area (Å²) in [6.07, 6.45) is 0.587. The van der Waals surface area contributed by atoms with E-state index in [1.54, 1.807) is 23.5 Å². The zero-order valence-electron chi connectivity index (χ0n) is 10.4. The molecule has 1 atom stereocenters. The highest BCUT2D eigenvalue weighted by Crippen LogP contribution is 2.28. The summed E-state index contributed by atoms with van der Waals surface area (Å²) in [4.78, 5) is 0. The fourth-order valence-electron chi connectivity index (χ4n) is 1.98. The van der Waals surface area contributed by atoms with Crippen LogP contribution in [0.4, 0.5) is 4.39 Å². The summed E-state index contributed by atoms with van der Waals surface area (Å²) in [5.41, 5.74) is 1.80. The predicted octanol–water partition coefficient (Wildman–Crippen LogP) is 5.20. The highest BCUT2D eigenvalue weighted by molar-refractivity contribution is 9.11. The molecular weight excluding hydrogens is 349 g/mol. The molecule has 0 amide bonds. The van der Waals surface area contributed by atoms with Crippen LogP contribution in [0.15, 0.2) is 33.4 Å². The highest BCUT2D eigenvalue weighted by atomic mass is 79.9. The lowest BCUT2D eigenvalue weighted by Gasteiger charge is -2.17. The molecule has 2 rings (SSSR count). The zero-order chi connectivity index (χ0) is 13.8. The molecule has 0 saturated heterocycles. The third-order valence-electron chi connectivity index (χ3n) is 2.87. The van der Waals surface area contributed by atoms with Crippen molar-refractivity contribution in [3.05, 3.63) is 55.4 Å². The van der Waals surface area contributed by atoms with E-state index in [0.29, 0.717) is 17.0 Å². The van der Waals surface area contributed by atoms with Crippen molar-refractivity contribution >= 4 is 38.9 Å². The Balaban J connectivity index is 2.23. The van der Waals surface area contributed by atoms with Crippen molar-refractivity contribution in [1.29, 1.82) is 0 Å². The summed E-state index contributed by atoms with van der Waals surface area (Å²) in [5, 5.41) is 6.03. The van der Waals surface area contributed by atoms with Crippen LogP contribution in [0.3, 0.4) is 0 Å². The SMILES string of the molecule is CCNC(Cc1cc(Cl)ccc1F)c1csc(Br)c1. The van der Waals surface area contributed by atoms with Gasteiger partial charge in [-0.15, -0.1) is 11.3 Å². The van der Waals surface area contributed by atoms with E-state index in [-0.39, 0.29) is 11.9 Å². The van der Waals surface area contributed by atoms with Gasteiger partial charge in [-0.25, -0.2) is 4.39 Å². The summed E-state index contributed by atoms with van der Waals surface area (Å²) in [6, 6.07) is 6.86. The van der Waals surface area contributed by atoms with Gasteiger partial charge in [-0.1, -0.05) is 18.5 Å². The van der Waals surface area contributed by atoms with Gasteiger partial charge in [-0.3, -0.25) is 0 Å². The Hall–Kier alpha value is -0.420. The quantitative estimate of drug-likeness (QED) is 0.771. The summed E-state index contributed by atoms with van der Waals surface area (Å²) in [5.74, 6) is -0.207. The average molecular weight is 363 g/mol. The highest BCUT2D eigenvalue weighted by Gasteiger charge is 2.15. The van der Waals surface area contributed by atoms with E-state index in [0.717, 1.165) is 15.9 Å². The minimum Gasteiger partial charge on any atom is -0.310 e. The number of halogens is 3. The van der Waals surface area contributed by atoms with Crippen LogP contribution in [0.1, 0.15) is 24.1 Å². The topological polar surface area (TPSA) is 12.0 Å². The second kappa shape index (κ2) is 6.84. The summed E-state index contributed by atoms with van der Waals surface area (Å²) < 4.78 is 14.9. The van der Waals surface area contributed by atoms with E-state index in [1.165, 1.54) is 6.07 Å². The van der Waals surface area contributed by atoms with Crippen molar-refractivity contribution in [2.45, 2.75) is 19.4 Å². The molecule has 19 heavy (non-hydrogen) atoms. The molecule has 1 heterocycles. The first-order valence-electron chi connectivity index (χ1n) is 6.01. The minimum atomic E-state index is -0.207. The zero-order valence-corrected chi connectivity index (χ0v) is 13.6. The molecule has 0 radical (unpaired) electrons. The Bertz CT molecular complexity index is 558. The van der Waals surface area contributed by atoms with E-state index >= 15 is 0 Å². The van der Waals surface area contributed by atoms with E-state index < -0.39 is 0 Å². The monoisotopic (exact) mass is 361 g/mol. The molecule has 1 nitrogen and oxygen atoms in total. The van der Waals surface area contributed by atoms with Gasteiger partial charge in [0, 0.05) is 11.1 Å². The Labute approximate surface area is 129 Å². The van der Waals surface area contributed by atoms with Crippen LogP contribution in [-0.2, 0) is 6.42 Å². The van der Waals surface area contributed by atoms with Crippen LogP contribution in [0.25, 0.3) is 0 Å². The van der Waals surface area contributed by atoms with Gasteiger partial charge in [-0.2, -0.15) is 0 Å². The van der Waals surface area contributed by atoms with E-state index in [4.69, 9.17) is 11.6 Å². The average Bonchev–Trinajstić information content (AvgIpc) is 2.80. The van der Waals surface area contributed by atoms with Gasteiger partial charge >= 0.3 is 0 Å². The third kappa shape index (κ3) is 4.02. The van der Waals surface area contributed by atoms with E-state index in [9.17, 15) is 4.39 Å². The Kier molecular flexibility index (Phi) is 5.39. The lowest BCUT2D eigenvalue weighted by atomic mass is 10.0.